The Morgan fingerprint density at radius 3 is 2.55 bits per heavy atom. The topological polar surface area (TPSA) is 56.7 Å². The van der Waals surface area contributed by atoms with Crippen molar-refractivity contribution in [1.29, 1.82) is 0 Å². The summed E-state index contributed by atoms with van der Waals surface area (Å²) in [7, 11) is 0. The van der Waals surface area contributed by atoms with Crippen molar-refractivity contribution in [2.45, 2.75) is 13.0 Å². The molecule has 0 bridgehead atoms. The number of rotatable bonds is 2. The van der Waals surface area contributed by atoms with E-state index in [0.717, 1.165) is 11.6 Å². The van der Waals surface area contributed by atoms with Crippen LogP contribution < -0.4 is 5.73 Å². The van der Waals surface area contributed by atoms with Crippen LogP contribution in [-0.2, 0) is 0 Å². The SMILES string of the molecule is CC(c1ccncc1)n1c(N)nc2ccc(F)c(F)c21. The first kappa shape index (κ1) is 12.5. The molecule has 0 aliphatic carbocycles. The molecule has 20 heavy (non-hydrogen) atoms. The highest BCUT2D eigenvalue weighted by molar-refractivity contribution is 5.79. The third kappa shape index (κ3) is 1.80. The van der Waals surface area contributed by atoms with Gasteiger partial charge < -0.3 is 10.3 Å². The van der Waals surface area contributed by atoms with Crippen molar-refractivity contribution in [3.8, 4) is 0 Å². The third-order valence-electron chi connectivity index (χ3n) is 3.35. The van der Waals surface area contributed by atoms with Gasteiger partial charge in [0, 0.05) is 12.4 Å². The van der Waals surface area contributed by atoms with Crippen molar-refractivity contribution in [3.05, 3.63) is 53.9 Å². The Kier molecular flexibility index (Phi) is 2.85. The molecular weight excluding hydrogens is 262 g/mol. The minimum Gasteiger partial charge on any atom is -0.369 e. The average molecular weight is 274 g/mol. The number of hydrogen-bond acceptors (Lipinski definition) is 3. The van der Waals surface area contributed by atoms with Gasteiger partial charge in [-0.15, -0.1) is 0 Å². The molecular formula is C14H12F2N4. The summed E-state index contributed by atoms with van der Waals surface area (Å²) >= 11 is 0. The first-order valence-corrected chi connectivity index (χ1v) is 6.11. The minimum absolute atomic E-state index is 0.0758. The molecule has 3 rings (SSSR count). The summed E-state index contributed by atoms with van der Waals surface area (Å²) in [5.41, 5.74) is 7.15. The molecule has 0 aliphatic rings. The van der Waals surface area contributed by atoms with Gasteiger partial charge in [-0.2, -0.15) is 0 Å². The van der Waals surface area contributed by atoms with Gasteiger partial charge in [0.2, 0.25) is 5.95 Å². The number of aromatic nitrogens is 3. The molecule has 0 aliphatic heterocycles. The number of halogens is 2. The van der Waals surface area contributed by atoms with Crippen LogP contribution in [0.1, 0.15) is 18.5 Å². The number of nitrogens with two attached hydrogens (primary N) is 1. The number of anilines is 1. The fraction of sp³-hybridized carbons (Fsp3) is 0.143. The fourth-order valence-corrected chi connectivity index (χ4v) is 2.32. The minimum atomic E-state index is -0.937. The van der Waals surface area contributed by atoms with Gasteiger partial charge in [0.15, 0.2) is 11.6 Å². The maximum atomic E-state index is 14.0. The summed E-state index contributed by atoms with van der Waals surface area (Å²) in [4.78, 5) is 8.02. The normalized spacial score (nSPS) is 12.8. The van der Waals surface area contributed by atoms with Crippen LogP contribution in [0.15, 0.2) is 36.7 Å². The standard InChI is InChI=1S/C14H12F2N4/c1-8(9-4-6-18-7-5-9)20-13-11(19-14(20)17)3-2-10(15)12(13)16/h2-8H,1H3,(H2,17,19). The molecule has 1 atom stereocenters. The van der Waals surface area contributed by atoms with Crippen molar-refractivity contribution in [2.24, 2.45) is 0 Å². The first-order valence-electron chi connectivity index (χ1n) is 6.11. The van der Waals surface area contributed by atoms with Gasteiger partial charge >= 0.3 is 0 Å². The maximum Gasteiger partial charge on any atom is 0.201 e. The molecule has 0 amide bonds. The number of nitrogen functional groups attached to an aromatic ring is 1. The number of pyridine rings is 1. The van der Waals surface area contributed by atoms with Crippen molar-refractivity contribution >= 4 is 17.0 Å². The van der Waals surface area contributed by atoms with Crippen LogP contribution in [0.4, 0.5) is 14.7 Å². The van der Waals surface area contributed by atoms with E-state index in [0.29, 0.717) is 5.52 Å². The predicted octanol–water partition coefficient (Wildman–Crippen LogP) is 2.90. The summed E-state index contributed by atoms with van der Waals surface area (Å²) in [6.07, 6.45) is 3.27. The molecule has 2 N–H and O–H groups in total. The highest BCUT2D eigenvalue weighted by atomic mass is 19.2. The molecule has 0 saturated heterocycles. The molecule has 2 aromatic heterocycles. The predicted molar refractivity (Wildman–Crippen MR) is 72.1 cm³/mol. The van der Waals surface area contributed by atoms with E-state index in [4.69, 9.17) is 5.73 Å². The van der Waals surface area contributed by atoms with E-state index >= 15 is 0 Å². The lowest BCUT2D eigenvalue weighted by atomic mass is 10.1. The van der Waals surface area contributed by atoms with Crippen LogP contribution in [0.3, 0.4) is 0 Å². The van der Waals surface area contributed by atoms with Crippen LogP contribution in [0, 0.1) is 11.6 Å². The van der Waals surface area contributed by atoms with Crippen LogP contribution in [-0.4, -0.2) is 14.5 Å². The van der Waals surface area contributed by atoms with E-state index < -0.39 is 11.6 Å². The van der Waals surface area contributed by atoms with E-state index in [2.05, 4.69) is 9.97 Å². The van der Waals surface area contributed by atoms with Gasteiger partial charge in [-0.25, -0.2) is 13.8 Å². The highest BCUT2D eigenvalue weighted by Gasteiger charge is 2.20. The Hall–Kier alpha value is -2.50. The lowest BCUT2D eigenvalue weighted by Gasteiger charge is -2.16. The second-order valence-electron chi connectivity index (χ2n) is 4.53. The molecule has 3 aromatic rings. The van der Waals surface area contributed by atoms with Gasteiger partial charge in [0.25, 0.3) is 0 Å². The molecule has 1 unspecified atom stereocenters. The van der Waals surface area contributed by atoms with Crippen LogP contribution in [0.25, 0.3) is 11.0 Å². The smallest absolute Gasteiger partial charge is 0.201 e. The molecule has 0 saturated carbocycles. The van der Waals surface area contributed by atoms with Crippen molar-refractivity contribution in [3.63, 3.8) is 0 Å². The average Bonchev–Trinajstić information content (AvgIpc) is 2.80. The Morgan fingerprint density at radius 2 is 1.85 bits per heavy atom. The third-order valence-corrected chi connectivity index (χ3v) is 3.35. The quantitative estimate of drug-likeness (QED) is 0.781. The Morgan fingerprint density at radius 1 is 1.15 bits per heavy atom. The largest absolute Gasteiger partial charge is 0.369 e. The Bertz CT molecular complexity index is 768. The van der Waals surface area contributed by atoms with E-state index in [1.807, 2.05) is 6.92 Å². The van der Waals surface area contributed by atoms with E-state index in [-0.39, 0.29) is 17.5 Å². The molecule has 2 heterocycles. The first-order chi connectivity index (χ1) is 9.59. The van der Waals surface area contributed by atoms with Gasteiger partial charge in [-0.1, -0.05) is 0 Å². The summed E-state index contributed by atoms with van der Waals surface area (Å²) in [6, 6.07) is 5.78. The van der Waals surface area contributed by atoms with Crippen molar-refractivity contribution < 1.29 is 8.78 Å². The zero-order chi connectivity index (χ0) is 14.3. The lowest BCUT2D eigenvalue weighted by Crippen LogP contribution is -2.11. The number of benzene rings is 1. The van der Waals surface area contributed by atoms with Crippen LogP contribution in [0.2, 0.25) is 0 Å². The van der Waals surface area contributed by atoms with Crippen molar-refractivity contribution in [2.75, 3.05) is 5.73 Å². The summed E-state index contributed by atoms with van der Waals surface area (Å²) in [5.74, 6) is -1.71. The molecule has 0 radical (unpaired) electrons. The molecule has 0 fully saturated rings. The monoisotopic (exact) mass is 274 g/mol. The lowest BCUT2D eigenvalue weighted by molar-refractivity contribution is 0.509. The fourth-order valence-electron chi connectivity index (χ4n) is 2.32. The summed E-state index contributed by atoms with van der Waals surface area (Å²) in [5, 5.41) is 0. The maximum absolute atomic E-state index is 14.0. The molecule has 102 valence electrons. The van der Waals surface area contributed by atoms with E-state index in [1.165, 1.54) is 10.6 Å². The van der Waals surface area contributed by atoms with E-state index in [9.17, 15) is 8.78 Å². The molecule has 0 spiro atoms. The zero-order valence-electron chi connectivity index (χ0n) is 10.7. The van der Waals surface area contributed by atoms with Gasteiger partial charge in [-0.3, -0.25) is 4.98 Å². The second kappa shape index (κ2) is 4.56. The summed E-state index contributed by atoms with van der Waals surface area (Å²) in [6.45, 7) is 1.84. The van der Waals surface area contributed by atoms with Crippen LogP contribution in [0.5, 0.6) is 0 Å². The van der Waals surface area contributed by atoms with Gasteiger partial charge in [0.1, 0.15) is 5.52 Å². The second-order valence-corrected chi connectivity index (χ2v) is 4.53. The van der Waals surface area contributed by atoms with Gasteiger partial charge in [0.05, 0.1) is 11.6 Å². The number of fused-ring (bicyclic) bond motifs is 1. The number of nitrogens with zero attached hydrogens (tertiary/aromatic N) is 3. The Balaban J connectivity index is 2.26. The molecule has 1 aromatic carbocycles. The number of hydrogen-bond donors (Lipinski definition) is 1. The highest BCUT2D eigenvalue weighted by Crippen LogP contribution is 2.29. The van der Waals surface area contributed by atoms with E-state index in [1.54, 1.807) is 24.5 Å². The zero-order valence-corrected chi connectivity index (χ0v) is 10.7. The summed E-state index contributed by atoms with van der Waals surface area (Å²) < 4.78 is 29.0. The van der Waals surface area contributed by atoms with Gasteiger partial charge in [-0.05, 0) is 36.8 Å². The Labute approximate surface area is 113 Å². The van der Waals surface area contributed by atoms with Crippen LogP contribution >= 0.6 is 0 Å². The molecule has 4 nitrogen and oxygen atoms in total. The number of imidazole rings is 1. The van der Waals surface area contributed by atoms with Crippen molar-refractivity contribution in [1.82, 2.24) is 14.5 Å². The molecule has 6 heteroatoms.